The molecule has 0 aliphatic heterocycles. The van der Waals surface area contributed by atoms with Crippen LogP contribution in [0.15, 0.2) is 24.4 Å². The molecule has 98 valence electrons. The molecule has 1 aromatic rings. The molecule has 1 aliphatic rings. The van der Waals surface area contributed by atoms with Gasteiger partial charge in [0.15, 0.2) is 6.61 Å². The Morgan fingerprint density at radius 3 is 3.00 bits per heavy atom. The average Bonchev–Trinajstić information content (AvgIpc) is 2.40. The summed E-state index contributed by atoms with van der Waals surface area (Å²) in [7, 11) is 0. The standard InChI is InChI=1S/C14H20N2O2/c1-11-6-2-3-7-12(11)16-13(17)10-18-14-8-4-5-9-15-14/h4-5,8-9,11-12H,2-3,6-7,10H2,1H3,(H,16,17). The highest BCUT2D eigenvalue weighted by Gasteiger charge is 2.22. The van der Waals surface area contributed by atoms with Gasteiger partial charge in [-0.1, -0.05) is 25.8 Å². The second kappa shape index (κ2) is 6.38. The Balaban J connectivity index is 1.75. The molecule has 0 radical (unpaired) electrons. The number of rotatable bonds is 4. The maximum Gasteiger partial charge on any atom is 0.258 e. The first-order valence-corrected chi connectivity index (χ1v) is 6.59. The minimum Gasteiger partial charge on any atom is -0.468 e. The van der Waals surface area contributed by atoms with E-state index in [0.29, 0.717) is 17.8 Å². The van der Waals surface area contributed by atoms with Crippen molar-refractivity contribution in [1.82, 2.24) is 10.3 Å². The Hall–Kier alpha value is -1.58. The SMILES string of the molecule is CC1CCCCC1NC(=O)COc1ccccn1. The lowest BCUT2D eigenvalue weighted by atomic mass is 9.86. The van der Waals surface area contributed by atoms with E-state index in [2.05, 4.69) is 17.2 Å². The molecular formula is C14H20N2O2. The van der Waals surface area contributed by atoms with Crippen LogP contribution in [0.25, 0.3) is 0 Å². The lowest BCUT2D eigenvalue weighted by Gasteiger charge is -2.29. The molecule has 1 saturated carbocycles. The lowest BCUT2D eigenvalue weighted by Crippen LogP contribution is -2.43. The van der Waals surface area contributed by atoms with Crippen molar-refractivity contribution in [2.24, 2.45) is 5.92 Å². The first kappa shape index (κ1) is 12.9. The second-order valence-corrected chi connectivity index (χ2v) is 4.89. The van der Waals surface area contributed by atoms with Gasteiger partial charge in [-0.3, -0.25) is 4.79 Å². The van der Waals surface area contributed by atoms with Crippen LogP contribution in [0.5, 0.6) is 5.88 Å². The summed E-state index contributed by atoms with van der Waals surface area (Å²) in [6.45, 7) is 2.24. The maximum atomic E-state index is 11.8. The minimum absolute atomic E-state index is 0.0419. The van der Waals surface area contributed by atoms with Crippen molar-refractivity contribution in [1.29, 1.82) is 0 Å². The molecule has 1 amide bonds. The molecule has 2 unspecified atom stereocenters. The summed E-state index contributed by atoms with van der Waals surface area (Å²) < 4.78 is 5.32. The van der Waals surface area contributed by atoms with Gasteiger partial charge in [-0.15, -0.1) is 0 Å². The fourth-order valence-corrected chi connectivity index (χ4v) is 2.35. The highest BCUT2D eigenvalue weighted by Crippen LogP contribution is 2.23. The summed E-state index contributed by atoms with van der Waals surface area (Å²) in [5, 5.41) is 3.05. The van der Waals surface area contributed by atoms with Crippen molar-refractivity contribution < 1.29 is 9.53 Å². The number of nitrogens with one attached hydrogen (secondary N) is 1. The van der Waals surface area contributed by atoms with Gasteiger partial charge in [0.1, 0.15) is 0 Å². The number of nitrogens with zero attached hydrogens (tertiary/aromatic N) is 1. The molecule has 1 aromatic heterocycles. The molecular weight excluding hydrogens is 228 g/mol. The normalized spacial score (nSPS) is 23.4. The topological polar surface area (TPSA) is 51.2 Å². The minimum atomic E-state index is -0.0561. The smallest absolute Gasteiger partial charge is 0.258 e. The largest absolute Gasteiger partial charge is 0.468 e. The summed E-state index contributed by atoms with van der Waals surface area (Å²) in [6, 6.07) is 5.70. The summed E-state index contributed by atoms with van der Waals surface area (Å²) >= 11 is 0. The van der Waals surface area contributed by atoms with Crippen LogP contribution in [-0.2, 0) is 4.79 Å². The molecule has 1 aliphatic carbocycles. The average molecular weight is 248 g/mol. The van der Waals surface area contributed by atoms with Gasteiger partial charge in [-0.25, -0.2) is 4.98 Å². The van der Waals surface area contributed by atoms with Crippen LogP contribution in [0.1, 0.15) is 32.6 Å². The summed E-state index contributed by atoms with van der Waals surface area (Å²) in [4.78, 5) is 15.8. The second-order valence-electron chi connectivity index (χ2n) is 4.89. The van der Waals surface area contributed by atoms with E-state index in [1.54, 1.807) is 12.3 Å². The molecule has 1 N–H and O–H groups in total. The fourth-order valence-electron chi connectivity index (χ4n) is 2.35. The molecule has 2 rings (SSSR count). The fraction of sp³-hybridized carbons (Fsp3) is 0.571. The highest BCUT2D eigenvalue weighted by atomic mass is 16.5. The van der Waals surface area contributed by atoms with Gasteiger partial charge in [-0.2, -0.15) is 0 Å². The Bertz CT molecular complexity index is 381. The van der Waals surface area contributed by atoms with Gasteiger partial charge in [0.2, 0.25) is 5.88 Å². The van der Waals surface area contributed by atoms with E-state index in [9.17, 15) is 4.79 Å². The maximum absolute atomic E-state index is 11.8. The van der Waals surface area contributed by atoms with Gasteiger partial charge in [0.25, 0.3) is 5.91 Å². The van der Waals surface area contributed by atoms with Crippen LogP contribution in [0.2, 0.25) is 0 Å². The van der Waals surface area contributed by atoms with E-state index >= 15 is 0 Å². The molecule has 0 saturated heterocycles. The number of hydrogen-bond acceptors (Lipinski definition) is 3. The predicted octanol–water partition coefficient (Wildman–Crippen LogP) is 2.16. The third-order valence-corrected chi connectivity index (χ3v) is 3.45. The number of pyridine rings is 1. The van der Waals surface area contributed by atoms with Crippen LogP contribution in [-0.4, -0.2) is 23.5 Å². The van der Waals surface area contributed by atoms with Gasteiger partial charge in [0.05, 0.1) is 0 Å². The molecule has 0 bridgehead atoms. The Morgan fingerprint density at radius 2 is 2.28 bits per heavy atom. The molecule has 2 atom stereocenters. The van der Waals surface area contributed by atoms with Crippen molar-refractivity contribution in [3.8, 4) is 5.88 Å². The van der Waals surface area contributed by atoms with Gasteiger partial charge in [-0.05, 0) is 24.8 Å². The number of carbonyl (C=O) groups is 1. The Kier molecular flexibility index (Phi) is 4.56. The zero-order valence-electron chi connectivity index (χ0n) is 10.8. The molecule has 18 heavy (non-hydrogen) atoms. The monoisotopic (exact) mass is 248 g/mol. The van der Waals surface area contributed by atoms with E-state index in [1.807, 2.05) is 12.1 Å². The van der Waals surface area contributed by atoms with Gasteiger partial charge in [0, 0.05) is 18.3 Å². The number of ether oxygens (including phenoxy) is 1. The first-order valence-electron chi connectivity index (χ1n) is 6.59. The molecule has 4 nitrogen and oxygen atoms in total. The zero-order chi connectivity index (χ0) is 12.8. The molecule has 0 aromatic carbocycles. The van der Waals surface area contributed by atoms with Crippen LogP contribution >= 0.6 is 0 Å². The Labute approximate surface area is 108 Å². The molecule has 1 fully saturated rings. The first-order chi connectivity index (χ1) is 8.75. The van der Waals surface area contributed by atoms with E-state index in [1.165, 1.54) is 19.3 Å². The van der Waals surface area contributed by atoms with Crippen molar-refractivity contribution in [3.63, 3.8) is 0 Å². The van der Waals surface area contributed by atoms with E-state index in [0.717, 1.165) is 6.42 Å². The summed E-state index contributed by atoms with van der Waals surface area (Å²) in [5.41, 5.74) is 0. The third kappa shape index (κ3) is 3.72. The van der Waals surface area contributed by atoms with Crippen molar-refractivity contribution in [2.45, 2.75) is 38.6 Å². The number of hydrogen-bond donors (Lipinski definition) is 1. The quantitative estimate of drug-likeness (QED) is 0.888. The summed E-state index contributed by atoms with van der Waals surface area (Å²) in [6.07, 6.45) is 6.41. The van der Waals surface area contributed by atoms with Crippen LogP contribution in [0.3, 0.4) is 0 Å². The third-order valence-electron chi connectivity index (χ3n) is 3.45. The van der Waals surface area contributed by atoms with Crippen molar-refractivity contribution in [2.75, 3.05) is 6.61 Å². The van der Waals surface area contributed by atoms with Crippen LogP contribution < -0.4 is 10.1 Å². The Morgan fingerprint density at radius 1 is 1.44 bits per heavy atom. The lowest BCUT2D eigenvalue weighted by molar-refractivity contribution is -0.124. The predicted molar refractivity (Wildman–Crippen MR) is 69.3 cm³/mol. The number of amides is 1. The number of carbonyl (C=O) groups excluding carboxylic acids is 1. The van der Waals surface area contributed by atoms with Gasteiger partial charge < -0.3 is 10.1 Å². The molecule has 4 heteroatoms. The van der Waals surface area contributed by atoms with E-state index in [-0.39, 0.29) is 12.5 Å². The number of aromatic nitrogens is 1. The van der Waals surface area contributed by atoms with Crippen molar-refractivity contribution >= 4 is 5.91 Å². The molecule has 0 spiro atoms. The molecule has 1 heterocycles. The van der Waals surface area contributed by atoms with E-state index < -0.39 is 0 Å². The highest BCUT2D eigenvalue weighted by molar-refractivity contribution is 5.77. The van der Waals surface area contributed by atoms with Crippen LogP contribution in [0.4, 0.5) is 0 Å². The van der Waals surface area contributed by atoms with Crippen LogP contribution in [0, 0.1) is 5.92 Å². The summed E-state index contributed by atoms with van der Waals surface area (Å²) in [5.74, 6) is 1.00. The van der Waals surface area contributed by atoms with Crippen molar-refractivity contribution in [3.05, 3.63) is 24.4 Å². The zero-order valence-corrected chi connectivity index (χ0v) is 10.8. The van der Waals surface area contributed by atoms with E-state index in [4.69, 9.17) is 4.74 Å². The van der Waals surface area contributed by atoms with Gasteiger partial charge >= 0.3 is 0 Å².